The van der Waals surface area contributed by atoms with E-state index in [0.717, 1.165) is 11.1 Å². The van der Waals surface area contributed by atoms with E-state index in [-0.39, 0.29) is 11.7 Å². The Hall–Kier alpha value is -3.99. The van der Waals surface area contributed by atoms with E-state index >= 15 is 0 Å². The van der Waals surface area contributed by atoms with Crippen LogP contribution >= 0.6 is 0 Å². The molecule has 3 atom stereocenters. The standard InChI is InChI=1S/C28H26N2O3/c1-18-13-15-20(16-14-18)25-24(27(32)29-21-9-5-3-6-10-21)19(2)17-23(31)26(25)28(33)30-22-11-7-4-8-12-22/h3-17,24-26H,1-2H3,(H,29,32)(H,30,33)/t24-,25-,26+/m1/s1. The molecule has 3 aromatic rings. The first-order chi connectivity index (χ1) is 15.9. The van der Waals surface area contributed by atoms with E-state index < -0.39 is 23.7 Å². The van der Waals surface area contributed by atoms with Crippen molar-refractivity contribution in [3.05, 3.63) is 108 Å². The molecule has 1 aliphatic carbocycles. The third-order valence-electron chi connectivity index (χ3n) is 6.00. The molecule has 5 nitrogen and oxygen atoms in total. The van der Waals surface area contributed by atoms with Gasteiger partial charge < -0.3 is 10.6 Å². The maximum atomic E-state index is 13.5. The average molecular weight is 439 g/mol. The molecule has 0 aliphatic heterocycles. The molecule has 0 aromatic heterocycles. The first-order valence-electron chi connectivity index (χ1n) is 10.9. The fourth-order valence-electron chi connectivity index (χ4n) is 4.38. The highest BCUT2D eigenvalue weighted by Gasteiger charge is 2.46. The Kier molecular flexibility index (Phi) is 6.50. The van der Waals surface area contributed by atoms with E-state index in [4.69, 9.17) is 0 Å². The van der Waals surface area contributed by atoms with Gasteiger partial charge in [-0.15, -0.1) is 0 Å². The first-order valence-corrected chi connectivity index (χ1v) is 10.9. The largest absolute Gasteiger partial charge is 0.326 e. The summed E-state index contributed by atoms with van der Waals surface area (Å²) < 4.78 is 0. The monoisotopic (exact) mass is 438 g/mol. The van der Waals surface area contributed by atoms with Gasteiger partial charge in [-0.1, -0.05) is 71.8 Å². The minimum absolute atomic E-state index is 0.245. The normalized spacial score (nSPS) is 20.0. The minimum atomic E-state index is -1.02. The lowest BCUT2D eigenvalue weighted by atomic mass is 9.67. The lowest BCUT2D eigenvalue weighted by Gasteiger charge is -2.35. The number of amides is 2. The molecule has 166 valence electrons. The average Bonchev–Trinajstić information content (AvgIpc) is 2.80. The first kappa shape index (κ1) is 22.2. The third-order valence-corrected chi connectivity index (χ3v) is 6.00. The SMILES string of the molecule is CC1=CC(=O)[C@H](C(=O)Nc2ccccc2)[C@H](c2ccc(C)cc2)[C@@H]1C(=O)Nc1ccccc1. The molecule has 33 heavy (non-hydrogen) atoms. The molecule has 0 bridgehead atoms. The predicted octanol–water partition coefficient (Wildman–Crippen LogP) is 5.12. The molecule has 0 unspecified atom stereocenters. The van der Waals surface area contributed by atoms with E-state index in [2.05, 4.69) is 10.6 Å². The molecule has 1 aliphatic rings. The summed E-state index contributed by atoms with van der Waals surface area (Å²) in [5, 5.41) is 5.81. The summed E-state index contributed by atoms with van der Waals surface area (Å²) >= 11 is 0. The van der Waals surface area contributed by atoms with Crippen LogP contribution in [0.5, 0.6) is 0 Å². The van der Waals surface area contributed by atoms with Crippen molar-refractivity contribution in [3.63, 3.8) is 0 Å². The van der Waals surface area contributed by atoms with Gasteiger partial charge in [0, 0.05) is 17.3 Å². The highest BCUT2D eigenvalue weighted by molar-refractivity contribution is 6.14. The van der Waals surface area contributed by atoms with Crippen molar-refractivity contribution in [2.75, 3.05) is 10.6 Å². The number of ketones is 1. The Balaban J connectivity index is 1.74. The van der Waals surface area contributed by atoms with Crippen LogP contribution < -0.4 is 10.6 Å². The van der Waals surface area contributed by atoms with Crippen LogP contribution in [0.2, 0.25) is 0 Å². The lowest BCUT2D eigenvalue weighted by molar-refractivity contribution is -0.131. The van der Waals surface area contributed by atoms with Crippen molar-refractivity contribution in [2.45, 2.75) is 19.8 Å². The Morgan fingerprint density at radius 2 is 1.15 bits per heavy atom. The van der Waals surface area contributed by atoms with E-state index in [1.807, 2.05) is 79.7 Å². The molecular weight excluding hydrogens is 412 g/mol. The van der Waals surface area contributed by atoms with Gasteiger partial charge in [0.2, 0.25) is 11.8 Å². The second-order valence-electron chi connectivity index (χ2n) is 8.39. The maximum absolute atomic E-state index is 13.5. The van der Waals surface area contributed by atoms with Crippen LogP contribution in [0.3, 0.4) is 0 Å². The van der Waals surface area contributed by atoms with E-state index in [1.165, 1.54) is 6.08 Å². The number of allylic oxidation sites excluding steroid dienone is 1. The predicted molar refractivity (Wildman–Crippen MR) is 130 cm³/mol. The molecular formula is C28H26N2O3. The summed E-state index contributed by atoms with van der Waals surface area (Å²) in [5.41, 5.74) is 3.75. The Bertz CT molecular complexity index is 1180. The third kappa shape index (κ3) is 4.93. The summed E-state index contributed by atoms with van der Waals surface area (Å²) in [6, 6.07) is 25.9. The summed E-state index contributed by atoms with van der Waals surface area (Å²) in [7, 11) is 0. The quantitative estimate of drug-likeness (QED) is 0.543. The number of anilines is 2. The molecule has 5 heteroatoms. The number of benzene rings is 3. The van der Waals surface area contributed by atoms with Crippen LogP contribution in [-0.2, 0) is 14.4 Å². The number of para-hydroxylation sites is 2. The van der Waals surface area contributed by atoms with Crippen molar-refractivity contribution in [3.8, 4) is 0 Å². The molecule has 2 N–H and O–H groups in total. The number of carbonyl (C=O) groups is 3. The van der Waals surface area contributed by atoms with Gasteiger partial charge in [-0.2, -0.15) is 0 Å². The fraction of sp³-hybridized carbons (Fsp3) is 0.179. The van der Waals surface area contributed by atoms with Crippen molar-refractivity contribution < 1.29 is 14.4 Å². The van der Waals surface area contributed by atoms with Gasteiger partial charge in [0.1, 0.15) is 5.92 Å². The van der Waals surface area contributed by atoms with Crippen LogP contribution in [0.15, 0.2) is 96.6 Å². The van der Waals surface area contributed by atoms with Gasteiger partial charge in [0.15, 0.2) is 5.78 Å². The second-order valence-corrected chi connectivity index (χ2v) is 8.39. The zero-order valence-corrected chi connectivity index (χ0v) is 18.6. The van der Waals surface area contributed by atoms with Crippen LogP contribution in [0.25, 0.3) is 0 Å². The molecule has 2 amide bonds. The van der Waals surface area contributed by atoms with Crippen LogP contribution in [0.1, 0.15) is 24.0 Å². The zero-order chi connectivity index (χ0) is 23.4. The molecule has 0 heterocycles. The molecule has 0 radical (unpaired) electrons. The fourth-order valence-corrected chi connectivity index (χ4v) is 4.38. The summed E-state index contributed by atoms with van der Waals surface area (Å²) in [5.74, 6) is -3.28. The van der Waals surface area contributed by atoms with Gasteiger partial charge in [-0.3, -0.25) is 14.4 Å². The zero-order valence-electron chi connectivity index (χ0n) is 18.6. The van der Waals surface area contributed by atoms with E-state index in [9.17, 15) is 14.4 Å². The van der Waals surface area contributed by atoms with Crippen molar-refractivity contribution in [1.82, 2.24) is 0 Å². The van der Waals surface area contributed by atoms with Gasteiger partial charge in [0.05, 0.1) is 5.92 Å². The Morgan fingerprint density at radius 1 is 0.667 bits per heavy atom. The van der Waals surface area contributed by atoms with Gasteiger partial charge >= 0.3 is 0 Å². The van der Waals surface area contributed by atoms with Crippen molar-refractivity contribution in [1.29, 1.82) is 0 Å². The highest BCUT2D eigenvalue weighted by Crippen LogP contribution is 2.42. The van der Waals surface area contributed by atoms with E-state index in [1.54, 1.807) is 19.1 Å². The topological polar surface area (TPSA) is 75.3 Å². The van der Waals surface area contributed by atoms with E-state index in [0.29, 0.717) is 16.9 Å². The number of nitrogens with one attached hydrogen (secondary N) is 2. The smallest absolute Gasteiger partial charge is 0.235 e. The number of rotatable bonds is 5. The van der Waals surface area contributed by atoms with Gasteiger partial charge in [-0.25, -0.2) is 0 Å². The minimum Gasteiger partial charge on any atom is -0.326 e. The number of hydrogen-bond acceptors (Lipinski definition) is 3. The molecule has 0 spiro atoms. The van der Waals surface area contributed by atoms with Crippen molar-refractivity contribution >= 4 is 29.0 Å². The van der Waals surface area contributed by atoms with Crippen LogP contribution in [0, 0.1) is 18.8 Å². The lowest BCUT2D eigenvalue weighted by Crippen LogP contribution is -2.44. The molecule has 0 fully saturated rings. The maximum Gasteiger partial charge on any atom is 0.235 e. The van der Waals surface area contributed by atoms with Crippen LogP contribution in [-0.4, -0.2) is 17.6 Å². The summed E-state index contributed by atoms with van der Waals surface area (Å²) in [6.07, 6.45) is 1.44. The molecule has 3 aromatic carbocycles. The number of aryl methyl sites for hydroxylation is 1. The highest BCUT2D eigenvalue weighted by atomic mass is 16.2. The summed E-state index contributed by atoms with van der Waals surface area (Å²) in [6.45, 7) is 3.75. The summed E-state index contributed by atoms with van der Waals surface area (Å²) in [4.78, 5) is 40.0. The van der Waals surface area contributed by atoms with Gasteiger partial charge in [0.25, 0.3) is 0 Å². The number of carbonyl (C=O) groups excluding carboxylic acids is 3. The Labute approximate surface area is 193 Å². The molecule has 0 saturated heterocycles. The van der Waals surface area contributed by atoms with Crippen LogP contribution in [0.4, 0.5) is 11.4 Å². The number of hydrogen-bond donors (Lipinski definition) is 2. The second kappa shape index (κ2) is 9.65. The van der Waals surface area contributed by atoms with Gasteiger partial charge in [-0.05, 0) is 49.8 Å². The van der Waals surface area contributed by atoms with Crippen molar-refractivity contribution in [2.24, 2.45) is 11.8 Å². The molecule has 0 saturated carbocycles. The Morgan fingerprint density at radius 3 is 1.67 bits per heavy atom. The molecule has 4 rings (SSSR count).